The van der Waals surface area contributed by atoms with Crippen molar-refractivity contribution in [3.05, 3.63) is 41.1 Å². The van der Waals surface area contributed by atoms with E-state index in [1.807, 2.05) is 13.0 Å². The zero-order valence-electron chi connectivity index (χ0n) is 10.8. The summed E-state index contributed by atoms with van der Waals surface area (Å²) in [5.74, 6) is -0.307. The van der Waals surface area contributed by atoms with E-state index < -0.39 is 17.8 Å². The molecule has 0 aliphatic rings. The maximum absolute atomic E-state index is 12.6. The van der Waals surface area contributed by atoms with Crippen molar-refractivity contribution in [3.8, 4) is 11.6 Å². The third-order valence-electron chi connectivity index (χ3n) is 2.56. The second-order valence-electron chi connectivity index (χ2n) is 4.32. The van der Waals surface area contributed by atoms with E-state index in [4.69, 9.17) is 10.5 Å². The predicted octanol–water partition coefficient (Wildman–Crippen LogP) is 3.49. The average molecular weight is 283 g/mol. The van der Waals surface area contributed by atoms with Crippen LogP contribution in [0.5, 0.6) is 11.6 Å². The Labute approximate surface area is 113 Å². The largest absolute Gasteiger partial charge is 0.439 e. The lowest BCUT2D eigenvalue weighted by atomic mass is 10.1. The Kier molecular flexibility index (Phi) is 3.52. The number of rotatable bonds is 2. The Hall–Kier alpha value is -2.31. The minimum atomic E-state index is -4.60. The minimum absolute atomic E-state index is 0.239. The number of halogens is 3. The number of aromatic nitrogens is 2. The average Bonchev–Trinajstić information content (AvgIpc) is 2.31. The maximum Gasteiger partial charge on any atom is 0.433 e. The van der Waals surface area contributed by atoms with Gasteiger partial charge in [0.1, 0.15) is 5.75 Å². The van der Waals surface area contributed by atoms with Gasteiger partial charge in [-0.3, -0.25) is 0 Å². The number of aryl methyl sites for hydroxylation is 2. The fourth-order valence-corrected chi connectivity index (χ4v) is 1.67. The SMILES string of the molecule is Cc1ccc(Oc2cc(C(F)(F)F)nc(N)n2)c(C)c1. The van der Waals surface area contributed by atoms with Crippen LogP contribution in [0.3, 0.4) is 0 Å². The topological polar surface area (TPSA) is 61.0 Å². The van der Waals surface area contributed by atoms with Crippen LogP contribution < -0.4 is 10.5 Å². The van der Waals surface area contributed by atoms with Crippen molar-refractivity contribution in [1.82, 2.24) is 9.97 Å². The number of hydrogen-bond acceptors (Lipinski definition) is 4. The normalized spacial score (nSPS) is 11.4. The molecule has 0 saturated carbocycles. The fraction of sp³-hybridized carbons (Fsp3) is 0.231. The molecule has 2 aromatic rings. The van der Waals surface area contributed by atoms with Crippen molar-refractivity contribution in [2.24, 2.45) is 0 Å². The fourth-order valence-electron chi connectivity index (χ4n) is 1.67. The molecule has 0 saturated heterocycles. The highest BCUT2D eigenvalue weighted by Gasteiger charge is 2.33. The first-order valence-electron chi connectivity index (χ1n) is 5.72. The first kappa shape index (κ1) is 14.1. The molecule has 0 radical (unpaired) electrons. The van der Waals surface area contributed by atoms with Crippen molar-refractivity contribution in [2.45, 2.75) is 20.0 Å². The van der Waals surface area contributed by atoms with Crippen LogP contribution in [-0.2, 0) is 6.18 Å². The molecule has 106 valence electrons. The quantitative estimate of drug-likeness (QED) is 0.916. The molecule has 0 spiro atoms. The summed E-state index contributed by atoms with van der Waals surface area (Å²) >= 11 is 0. The molecule has 1 aromatic carbocycles. The van der Waals surface area contributed by atoms with Crippen LogP contribution in [0, 0.1) is 13.8 Å². The highest BCUT2D eigenvalue weighted by Crippen LogP contribution is 2.31. The molecule has 0 unspecified atom stereocenters. The number of benzene rings is 1. The van der Waals surface area contributed by atoms with Crippen LogP contribution >= 0.6 is 0 Å². The highest BCUT2D eigenvalue weighted by atomic mass is 19.4. The number of nitrogens with two attached hydrogens (primary N) is 1. The van der Waals surface area contributed by atoms with Gasteiger partial charge in [-0.1, -0.05) is 17.7 Å². The Morgan fingerprint density at radius 3 is 2.40 bits per heavy atom. The van der Waals surface area contributed by atoms with Crippen molar-refractivity contribution < 1.29 is 17.9 Å². The zero-order valence-corrected chi connectivity index (χ0v) is 10.8. The van der Waals surface area contributed by atoms with E-state index in [1.165, 1.54) is 0 Å². The third-order valence-corrected chi connectivity index (χ3v) is 2.56. The number of anilines is 1. The van der Waals surface area contributed by atoms with Gasteiger partial charge in [-0.05, 0) is 25.5 Å². The van der Waals surface area contributed by atoms with Gasteiger partial charge >= 0.3 is 6.18 Å². The minimum Gasteiger partial charge on any atom is -0.439 e. The van der Waals surface area contributed by atoms with Gasteiger partial charge in [0, 0.05) is 6.07 Å². The third kappa shape index (κ3) is 3.17. The van der Waals surface area contributed by atoms with Crippen molar-refractivity contribution >= 4 is 5.95 Å². The number of nitrogens with zero attached hydrogens (tertiary/aromatic N) is 2. The molecule has 7 heteroatoms. The van der Waals surface area contributed by atoms with Gasteiger partial charge in [-0.15, -0.1) is 0 Å². The molecular formula is C13H12F3N3O. The first-order valence-corrected chi connectivity index (χ1v) is 5.72. The van der Waals surface area contributed by atoms with Crippen LogP contribution in [0.15, 0.2) is 24.3 Å². The van der Waals surface area contributed by atoms with Gasteiger partial charge < -0.3 is 10.5 Å². The molecule has 2 rings (SSSR count). The van der Waals surface area contributed by atoms with E-state index in [9.17, 15) is 13.2 Å². The van der Waals surface area contributed by atoms with Crippen LogP contribution in [0.25, 0.3) is 0 Å². The molecule has 0 fully saturated rings. The summed E-state index contributed by atoms with van der Waals surface area (Å²) in [6.45, 7) is 3.69. The Morgan fingerprint density at radius 2 is 1.80 bits per heavy atom. The van der Waals surface area contributed by atoms with Gasteiger partial charge in [-0.2, -0.15) is 18.2 Å². The number of nitrogen functional groups attached to an aromatic ring is 1. The number of hydrogen-bond donors (Lipinski definition) is 1. The van der Waals surface area contributed by atoms with E-state index >= 15 is 0 Å². The second kappa shape index (κ2) is 4.99. The zero-order chi connectivity index (χ0) is 14.9. The molecule has 1 aromatic heterocycles. The van der Waals surface area contributed by atoms with Crippen LogP contribution in [-0.4, -0.2) is 9.97 Å². The molecule has 0 amide bonds. The Balaban J connectivity index is 2.36. The van der Waals surface area contributed by atoms with E-state index in [2.05, 4.69) is 9.97 Å². The van der Waals surface area contributed by atoms with E-state index in [0.29, 0.717) is 5.75 Å². The molecule has 0 bridgehead atoms. The van der Waals surface area contributed by atoms with Crippen molar-refractivity contribution in [2.75, 3.05) is 5.73 Å². The van der Waals surface area contributed by atoms with Crippen LogP contribution in [0.1, 0.15) is 16.8 Å². The second-order valence-corrected chi connectivity index (χ2v) is 4.32. The van der Waals surface area contributed by atoms with E-state index in [0.717, 1.165) is 17.2 Å². The van der Waals surface area contributed by atoms with Crippen LogP contribution in [0.4, 0.5) is 19.1 Å². The molecule has 2 N–H and O–H groups in total. The lowest BCUT2D eigenvalue weighted by Gasteiger charge is -2.11. The first-order chi connectivity index (χ1) is 9.25. The molecular weight excluding hydrogens is 271 g/mol. The van der Waals surface area contributed by atoms with Gasteiger partial charge in [0.05, 0.1) is 0 Å². The Bertz CT molecular complexity index is 641. The molecule has 1 heterocycles. The van der Waals surface area contributed by atoms with Gasteiger partial charge in [0.25, 0.3) is 0 Å². The lowest BCUT2D eigenvalue weighted by molar-refractivity contribution is -0.141. The van der Waals surface area contributed by atoms with E-state index in [1.54, 1.807) is 19.1 Å². The predicted molar refractivity (Wildman–Crippen MR) is 67.4 cm³/mol. The summed E-state index contributed by atoms with van der Waals surface area (Å²) in [5, 5.41) is 0. The van der Waals surface area contributed by atoms with Gasteiger partial charge in [0.15, 0.2) is 5.69 Å². The van der Waals surface area contributed by atoms with Crippen LogP contribution in [0.2, 0.25) is 0 Å². The standard InChI is InChI=1S/C13H12F3N3O/c1-7-3-4-9(8(2)5-7)20-11-6-10(13(14,15)16)18-12(17)19-11/h3-6H,1-2H3,(H2,17,18,19). The van der Waals surface area contributed by atoms with Crippen molar-refractivity contribution in [1.29, 1.82) is 0 Å². The number of alkyl halides is 3. The summed E-state index contributed by atoms with van der Waals surface area (Å²) in [6.07, 6.45) is -4.60. The van der Waals surface area contributed by atoms with Gasteiger partial charge in [0.2, 0.25) is 11.8 Å². The Morgan fingerprint density at radius 1 is 1.10 bits per heavy atom. The number of ether oxygens (including phenoxy) is 1. The maximum atomic E-state index is 12.6. The monoisotopic (exact) mass is 283 g/mol. The summed E-state index contributed by atoms with van der Waals surface area (Å²) in [6, 6.07) is 6.02. The lowest BCUT2D eigenvalue weighted by Crippen LogP contribution is -2.11. The van der Waals surface area contributed by atoms with Gasteiger partial charge in [-0.25, -0.2) is 4.98 Å². The molecule has 0 aliphatic heterocycles. The summed E-state index contributed by atoms with van der Waals surface area (Å²) in [5.41, 5.74) is 5.94. The molecule has 20 heavy (non-hydrogen) atoms. The smallest absolute Gasteiger partial charge is 0.433 e. The highest BCUT2D eigenvalue weighted by molar-refractivity contribution is 5.39. The molecule has 0 aliphatic carbocycles. The summed E-state index contributed by atoms with van der Waals surface area (Å²) < 4.78 is 43.2. The summed E-state index contributed by atoms with van der Waals surface area (Å²) in [4.78, 5) is 6.80. The summed E-state index contributed by atoms with van der Waals surface area (Å²) in [7, 11) is 0. The van der Waals surface area contributed by atoms with Crippen molar-refractivity contribution in [3.63, 3.8) is 0 Å². The molecule has 4 nitrogen and oxygen atoms in total. The van der Waals surface area contributed by atoms with E-state index in [-0.39, 0.29) is 5.88 Å². The molecule has 0 atom stereocenters.